The van der Waals surface area contributed by atoms with E-state index in [0.29, 0.717) is 4.90 Å². The van der Waals surface area contributed by atoms with Crippen LogP contribution in [0.5, 0.6) is 0 Å². The predicted molar refractivity (Wildman–Crippen MR) is 64.2 cm³/mol. The lowest BCUT2D eigenvalue weighted by Crippen LogP contribution is -2.06. The molecule has 8 nitrogen and oxygen atoms in total. The first-order chi connectivity index (χ1) is 7.60. The molecule has 0 spiro atoms. The van der Waals surface area contributed by atoms with Crippen molar-refractivity contribution >= 4 is 39.2 Å². The lowest BCUT2D eigenvalue weighted by atomic mass is 10.5. The van der Waals surface area contributed by atoms with Crippen molar-refractivity contribution in [1.82, 2.24) is 4.98 Å². The molecule has 0 unspecified atom stereocenters. The van der Waals surface area contributed by atoms with Crippen molar-refractivity contribution in [2.45, 2.75) is 4.90 Å². The molecule has 0 aliphatic heterocycles. The smallest absolute Gasteiger partial charge is 0.317 e. The summed E-state index contributed by atoms with van der Waals surface area (Å²) in [5.74, 6) is -0.192. The molecule has 11 heteroatoms. The molecule has 5 N–H and O–H groups in total. The fraction of sp³-hybridized carbons (Fsp3) is 0. The van der Waals surface area contributed by atoms with Gasteiger partial charge in [0.15, 0.2) is 5.82 Å². The summed E-state index contributed by atoms with van der Waals surface area (Å²) < 4.78 is 10.9. The fourth-order valence-electron chi connectivity index (χ4n) is 0.854. The van der Waals surface area contributed by atoms with Gasteiger partial charge < -0.3 is 9.79 Å². The SMILES string of the molecule is O=P(O)(O)C(=Nc1ccc(S)cn1)[P+](O)(O)O. The van der Waals surface area contributed by atoms with Crippen LogP contribution in [0.1, 0.15) is 0 Å². The van der Waals surface area contributed by atoms with E-state index in [1.807, 2.05) is 0 Å². The molecule has 0 saturated heterocycles. The molecule has 0 saturated carbocycles. The summed E-state index contributed by atoms with van der Waals surface area (Å²) in [6.45, 7) is 0. The Labute approximate surface area is 102 Å². The van der Waals surface area contributed by atoms with Crippen molar-refractivity contribution in [1.29, 1.82) is 0 Å². The van der Waals surface area contributed by atoms with E-state index in [1.54, 1.807) is 0 Å². The Kier molecular flexibility index (Phi) is 4.40. The summed E-state index contributed by atoms with van der Waals surface area (Å²) in [7, 11) is -9.98. The number of hydrogen-bond acceptors (Lipinski definition) is 7. The number of nitrogens with zero attached hydrogens (tertiary/aromatic N) is 2. The Morgan fingerprint density at radius 3 is 2.29 bits per heavy atom. The molecule has 1 heterocycles. The average molecular weight is 299 g/mol. The number of rotatable bonds is 3. The van der Waals surface area contributed by atoms with Crippen LogP contribution in [0.25, 0.3) is 0 Å². The van der Waals surface area contributed by atoms with Crippen molar-refractivity contribution in [3.63, 3.8) is 0 Å². The molecule has 1 aromatic rings. The molecule has 1 rings (SSSR count). The van der Waals surface area contributed by atoms with Crippen molar-refractivity contribution < 1.29 is 29.0 Å². The van der Waals surface area contributed by atoms with Gasteiger partial charge in [0, 0.05) is 11.1 Å². The molecule has 0 fully saturated rings. The summed E-state index contributed by atoms with van der Waals surface area (Å²) in [6.07, 6.45) is 1.24. The van der Waals surface area contributed by atoms with Gasteiger partial charge in [0.1, 0.15) is 0 Å². The first kappa shape index (κ1) is 14.7. The van der Waals surface area contributed by atoms with Gasteiger partial charge in [-0.25, -0.2) is 9.55 Å². The Bertz CT molecular complexity index is 478. The van der Waals surface area contributed by atoms with Crippen LogP contribution in [-0.4, -0.2) is 34.6 Å². The number of aliphatic imine (C=N–C) groups is 1. The van der Waals surface area contributed by atoms with Crippen molar-refractivity contribution in [2.75, 3.05) is 0 Å². The molecule has 0 radical (unpaired) electrons. The molecule has 0 bridgehead atoms. The van der Waals surface area contributed by atoms with Crippen molar-refractivity contribution in [3.05, 3.63) is 18.3 Å². The largest absolute Gasteiger partial charge is 0.469 e. The van der Waals surface area contributed by atoms with Gasteiger partial charge in [0.2, 0.25) is 0 Å². The summed E-state index contributed by atoms with van der Waals surface area (Å²) in [4.78, 5) is 51.6. The minimum absolute atomic E-state index is 0.192. The third kappa shape index (κ3) is 4.42. The first-order valence-corrected chi connectivity index (χ1v) is 7.69. The van der Waals surface area contributed by atoms with Crippen LogP contribution in [0.3, 0.4) is 0 Å². The minimum atomic E-state index is -5.08. The molecule has 1 aromatic heterocycles. The first-order valence-electron chi connectivity index (χ1n) is 3.98. The van der Waals surface area contributed by atoms with Gasteiger partial charge in [0.25, 0.3) is 0 Å². The minimum Gasteiger partial charge on any atom is -0.317 e. The number of thiol groups is 1. The average Bonchev–Trinajstić information content (AvgIpc) is 2.13. The Hall–Kier alpha value is -0.370. The highest BCUT2D eigenvalue weighted by atomic mass is 32.1. The van der Waals surface area contributed by atoms with Crippen LogP contribution in [0.2, 0.25) is 0 Å². The van der Waals surface area contributed by atoms with E-state index in [9.17, 15) is 4.57 Å². The quantitative estimate of drug-likeness (QED) is 0.267. The third-order valence-corrected chi connectivity index (χ3v) is 4.58. The van der Waals surface area contributed by atoms with Crippen LogP contribution in [0.15, 0.2) is 28.2 Å². The second-order valence-corrected chi connectivity index (χ2v) is 6.84. The molecule has 0 aliphatic carbocycles. The van der Waals surface area contributed by atoms with Gasteiger partial charge in [-0.15, -0.1) is 12.6 Å². The maximum Gasteiger partial charge on any atom is 0.469 e. The highest BCUT2D eigenvalue weighted by Gasteiger charge is 2.51. The van der Waals surface area contributed by atoms with Crippen LogP contribution in [0, 0.1) is 0 Å². The Balaban J connectivity index is 3.25. The molecular weight excluding hydrogens is 290 g/mol. The van der Waals surface area contributed by atoms with Gasteiger partial charge in [-0.2, -0.15) is 19.7 Å². The van der Waals surface area contributed by atoms with E-state index in [1.165, 1.54) is 18.3 Å². The molecule has 94 valence electrons. The molecule has 17 heavy (non-hydrogen) atoms. The number of hydrogen-bond donors (Lipinski definition) is 6. The number of pyridine rings is 1. The van der Waals surface area contributed by atoms with E-state index >= 15 is 0 Å². The van der Waals surface area contributed by atoms with E-state index in [0.717, 1.165) is 0 Å². The summed E-state index contributed by atoms with van der Waals surface area (Å²) >= 11 is 3.93. The van der Waals surface area contributed by atoms with Gasteiger partial charge in [-0.1, -0.05) is 0 Å². The van der Waals surface area contributed by atoms with Crippen LogP contribution < -0.4 is 0 Å². The Morgan fingerprint density at radius 2 is 1.94 bits per heavy atom. The monoisotopic (exact) mass is 299 g/mol. The highest BCUT2D eigenvalue weighted by molar-refractivity contribution is 8.00. The second-order valence-electron chi connectivity index (χ2n) is 2.90. The maximum absolute atomic E-state index is 10.9. The van der Waals surface area contributed by atoms with Gasteiger partial charge in [0.05, 0.1) is 0 Å². The van der Waals surface area contributed by atoms with E-state index in [-0.39, 0.29) is 5.82 Å². The zero-order chi connectivity index (χ0) is 13.3. The third-order valence-electron chi connectivity index (χ3n) is 1.48. The standard InChI is InChI=1S/C6H8N2O6P2S/c9-15(10,11)6(16(12,13)14)8-5-2-1-4(17)3-7-5/h1-3,9-11H,(H2-,12,13,14,17)/p+1. The molecule has 0 atom stereocenters. The summed E-state index contributed by atoms with van der Waals surface area (Å²) in [6, 6.07) is 2.67. The van der Waals surface area contributed by atoms with Gasteiger partial charge in [-0.3, -0.25) is 0 Å². The molecular formula is C6H9N2O6P2S+. The molecule has 0 aromatic carbocycles. The molecule has 0 aliphatic rings. The van der Waals surface area contributed by atoms with Crippen LogP contribution in [0.4, 0.5) is 5.82 Å². The normalized spacial score (nSPS) is 13.9. The Morgan fingerprint density at radius 1 is 1.35 bits per heavy atom. The maximum atomic E-state index is 10.9. The van der Waals surface area contributed by atoms with E-state index < -0.39 is 20.7 Å². The van der Waals surface area contributed by atoms with E-state index in [2.05, 4.69) is 22.6 Å². The topological polar surface area (TPSA) is 143 Å². The van der Waals surface area contributed by atoms with Crippen LogP contribution >= 0.6 is 28.2 Å². The number of aromatic nitrogens is 1. The van der Waals surface area contributed by atoms with Gasteiger partial charge >= 0.3 is 20.7 Å². The summed E-state index contributed by atoms with van der Waals surface area (Å²) in [5, 5.41) is -1.40. The lowest BCUT2D eigenvalue weighted by Gasteiger charge is -2.07. The highest BCUT2D eigenvalue weighted by Crippen LogP contribution is 2.60. The van der Waals surface area contributed by atoms with E-state index in [4.69, 9.17) is 24.5 Å². The second kappa shape index (κ2) is 5.09. The zero-order valence-corrected chi connectivity index (χ0v) is 10.8. The predicted octanol–water partition coefficient (Wildman–Crippen LogP) is 0.275. The zero-order valence-electron chi connectivity index (χ0n) is 8.11. The van der Waals surface area contributed by atoms with Crippen LogP contribution in [-0.2, 0) is 4.57 Å². The summed E-state index contributed by atoms with van der Waals surface area (Å²) in [5.41, 5.74) is 0. The van der Waals surface area contributed by atoms with Gasteiger partial charge in [-0.05, 0) is 12.1 Å². The lowest BCUT2D eigenvalue weighted by molar-refractivity contribution is 0.349. The van der Waals surface area contributed by atoms with Crippen molar-refractivity contribution in [2.24, 2.45) is 4.99 Å². The molecule has 0 amide bonds. The van der Waals surface area contributed by atoms with Crippen molar-refractivity contribution in [3.8, 4) is 0 Å². The fourth-order valence-corrected chi connectivity index (χ4v) is 2.85.